The van der Waals surface area contributed by atoms with Gasteiger partial charge in [-0.25, -0.2) is 9.13 Å². The van der Waals surface area contributed by atoms with Crippen LogP contribution in [0.5, 0.6) is 0 Å². The number of esters is 4. The minimum atomic E-state index is -4.95. The number of rotatable bonds is 69. The molecule has 0 radical (unpaired) electrons. The molecule has 0 saturated heterocycles. The quantitative estimate of drug-likeness (QED) is 0.0222. The van der Waals surface area contributed by atoms with Crippen molar-refractivity contribution in [1.82, 2.24) is 0 Å². The molecule has 540 valence electrons. The number of hydrogen-bond acceptors (Lipinski definition) is 15. The molecule has 17 nitrogen and oxygen atoms in total. The zero-order chi connectivity index (χ0) is 67.5. The van der Waals surface area contributed by atoms with E-state index in [1.54, 1.807) is 0 Å². The summed E-state index contributed by atoms with van der Waals surface area (Å²) in [6.45, 7) is 14.1. The third-order valence-electron chi connectivity index (χ3n) is 16.6. The Bertz CT molecular complexity index is 1800. The Hall–Kier alpha value is -1.94. The van der Waals surface area contributed by atoms with Gasteiger partial charge in [-0.05, 0) is 49.4 Å². The van der Waals surface area contributed by atoms with E-state index in [1.807, 2.05) is 0 Å². The monoisotopic (exact) mass is 1340 g/mol. The van der Waals surface area contributed by atoms with Gasteiger partial charge in [-0.15, -0.1) is 0 Å². The Balaban J connectivity index is 5.25. The van der Waals surface area contributed by atoms with Crippen molar-refractivity contribution in [2.45, 2.75) is 375 Å². The van der Waals surface area contributed by atoms with Gasteiger partial charge in [0.25, 0.3) is 0 Å². The standard InChI is InChI=1S/C72H140O17P2/c1-62(2)48-40-32-24-18-12-9-10-14-22-28-38-46-54-71(76)88-67(58-82-69(74)52-44-36-27-21-15-11-13-19-25-33-41-49-63(3)4)60-86-90(78,79)84-56-66(73)57-85-91(80,81)87-61-68(59-83-70(75)53-45-37-31-30-35-43-51-65(7)8)89-72(77)55-47-39-29-23-17-16-20-26-34-42-50-64(5)6/h62-68,73H,9-61H2,1-8H3,(H,78,79)(H,80,81)/t66-,67-,68-/m1/s1. The lowest BCUT2D eigenvalue weighted by Crippen LogP contribution is -2.30. The van der Waals surface area contributed by atoms with Gasteiger partial charge in [0.2, 0.25) is 0 Å². The number of aliphatic hydroxyl groups is 1. The van der Waals surface area contributed by atoms with Gasteiger partial charge < -0.3 is 33.8 Å². The third-order valence-corrected chi connectivity index (χ3v) is 18.5. The molecule has 0 aromatic heterocycles. The first-order valence-corrected chi connectivity index (χ1v) is 40.2. The van der Waals surface area contributed by atoms with Gasteiger partial charge >= 0.3 is 39.5 Å². The van der Waals surface area contributed by atoms with Crippen molar-refractivity contribution < 1.29 is 80.2 Å². The highest BCUT2D eigenvalue weighted by molar-refractivity contribution is 7.47. The number of aliphatic hydroxyl groups excluding tert-OH is 1. The molecule has 0 aliphatic rings. The van der Waals surface area contributed by atoms with Crippen molar-refractivity contribution in [1.29, 1.82) is 0 Å². The van der Waals surface area contributed by atoms with Gasteiger partial charge in [0.1, 0.15) is 19.3 Å². The van der Waals surface area contributed by atoms with Crippen molar-refractivity contribution in [3.63, 3.8) is 0 Å². The lowest BCUT2D eigenvalue weighted by atomic mass is 10.0. The van der Waals surface area contributed by atoms with Crippen molar-refractivity contribution >= 4 is 39.5 Å². The van der Waals surface area contributed by atoms with Crippen LogP contribution in [-0.2, 0) is 65.4 Å². The molecule has 19 heteroatoms. The van der Waals surface area contributed by atoms with Gasteiger partial charge in [-0.3, -0.25) is 37.3 Å². The molecule has 0 saturated carbocycles. The number of carbonyl (C=O) groups excluding carboxylic acids is 4. The first-order valence-electron chi connectivity index (χ1n) is 37.2. The van der Waals surface area contributed by atoms with Crippen LogP contribution < -0.4 is 0 Å². The van der Waals surface area contributed by atoms with Crippen LogP contribution in [0.3, 0.4) is 0 Å². The fourth-order valence-electron chi connectivity index (χ4n) is 10.8. The molecule has 2 unspecified atom stereocenters. The average Bonchev–Trinajstić information content (AvgIpc) is 3.59. The summed E-state index contributed by atoms with van der Waals surface area (Å²) in [6.07, 6.45) is 44.5. The van der Waals surface area contributed by atoms with E-state index >= 15 is 0 Å². The normalized spacial score (nSPS) is 14.2. The van der Waals surface area contributed by atoms with Crippen LogP contribution in [0.25, 0.3) is 0 Å². The van der Waals surface area contributed by atoms with Crippen LogP contribution in [-0.4, -0.2) is 96.7 Å². The van der Waals surface area contributed by atoms with Crippen LogP contribution in [0.4, 0.5) is 0 Å². The molecular formula is C72H140O17P2. The number of unbranched alkanes of at least 4 members (excludes halogenated alkanes) is 35. The molecule has 0 heterocycles. The largest absolute Gasteiger partial charge is 0.472 e. The summed E-state index contributed by atoms with van der Waals surface area (Å²) in [5.74, 6) is 0.852. The molecule has 3 N–H and O–H groups in total. The summed E-state index contributed by atoms with van der Waals surface area (Å²) in [7, 11) is -9.91. The first kappa shape index (κ1) is 89.1. The highest BCUT2D eigenvalue weighted by Crippen LogP contribution is 2.45. The van der Waals surface area contributed by atoms with E-state index in [2.05, 4.69) is 55.4 Å². The second-order valence-corrected chi connectivity index (χ2v) is 30.8. The third kappa shape index (κ3) is 66.5. The smallest absolute Gasteiger partial charge is 0.462 e. The van der Waals surface area contributed by atoms with Crippen molar-refractivity contribution in [3.8, 4) is 0 Å². The number of ether oxygens (including phenoxy) is 4. The van der Waals surface area contributed by atoms with Crippen molar-refractivity contribution in [3.05, 3.63) is 0 Å². The predicted molar refractivity (Wildman–Crippen MR) is 367 cm³/mol. The summed E-state index contributed by atoms with van der Waals surface area (Å²) in [5.41, 5.74) is 0. The van der Waals surface area contributed by atoms with E-state index < -0.39 is 97.5 Å². The van der Waals surface area contributed by atoms with Crippen LogP contribution in [0.1, 0.15) is 357 Å². The second kappa shape index (κ2) is 61.6. The second-order valence-electron chi connectivity index (χ2n) is 27.9. The number of phosphoric ester groups is 2. The molecule has 0 aliphatic heterocycles. The molecule has 0 aromatic rings. The number of phosphoric acid groups is 2. The molecular weight excluding hydrogens is 1200 g/mol. The molecule has 0 rings (SSSR count). The highest BCUT2D eigenvalue weighted by Gasteiger charge is 2.30. The Morgan fingerprint density at radius 3 is 0.681 bits per heavy atom. The van der Waals surface area contributed by atoms with E-state index in [0.717, 1.165) is 114 Å². The van der Waals surface area contributed by atoms with Gasteiger partial charge in [0.05, 0.1) is 26.4 Å². The molecule has 91 heavy (non-hydrogen) atoms. The molecule has 0 spiro atoms. The maximum atomic E-state index is 13.0. The lowest BCUT2D eigenvalue weighted by Gasteiger charge is -2.21. The Kier molecular flexibility index (Phi) is 60.3. The maximum absolute atomic E-state index is 13.0. The van der Waals surface area contributed by atoms with Crippen molar-refractivity contribution in [2.75, 3.05) is 39.6 Å². The molecule has 0 aliphatic carbocycles. The van der Waals surface area contributed by atoms with Gasteiger partial charge in [-0.2, -0.15) is 0 Å². The zero-order valence-corrected chi connectivity index (χ0v) is 61.3. The molecule has 0 fully saturated rings. The lowest BCUT2D eigenvalue weighted by molar-refractivity contribution is -0.161. The summed E-state index contributed by atoms with van der Waals surface area (Å²) in [6, 6.07) is 0. The SMILES string of the molecule is CC(C)CCCCCCCCCCCCCCC(=O)O[C@H](COC(=O)CCCCCCCCCCCCCC(C)C)COP(=O)(O)OC[C@@H](O)COP(=O)(O)OC[C@@H](COC(=O)CCCCCCCCC(C)C)OC(=O)CCCCCCCCCCCCC(C)C. The Morgan fingerprint density at radius 2 is 0.462 bits per heavy atom. The van der Waals surface area contributed by atoms with Crippen molar-refractivity contribution in [2.24, 2.45) is 23.7 Å². The molecule has 0 aromatic carbocycles. The zero-order valence-electron chi connectivity index (χ0n) is 59.5. The van der Waals surface area contributed by atoms with E-state index in [9.17, 15) is 43.2 Å². The topological polar surface area (TPSA) is 237 Å². The first-order chi connectivity index (χ1) is 43.6. The summed E-state index contributed by atoms with van der Waals surface area (Å²) >= 11 is 0. The van der Waals surface area contributed by atoms with E-state index in [1.165, 1.54) is 154 Å². The number of hydrogen-bond donors (Lipinski definition) is 3. The fraction of sp³-hybridized carbons (Fsp3) is 0.944. The summed E-state index contributed by atoms with van der Waals surface area (Å²) in [4.78, 5) is 72.6. The van der Waals surface area contributed by atoms with Gasteiger partial charge in [0.15, 0.2) is 12.2 Å². The fourth-order valence-corrected chi connectivity index (χ4v) is 12.4. The molecule has 0 bridgehead atoms. The van der Waals surface area contributed by atoms with Crippen LogP contribution >= 0.6 is 15.6 Å². The Morgan fingerprint density at radius 1 is 0.275 bits per heavy atom. The van der Waals surface area contributed by atoms with E-state index in [4.69, 9.17) is 37.0 Å². The number of carbonyl (C=O) groups is 4. The highest BCUT2D eigenvalue weighted by atomic mass is 31.2. The summed E-state index contributed by atoms with van der Waals surface area (Å²) in [5, 5.41) is 10.6. The van der Waals surface area contributed by atoms with Gasteiger partial charge in [-0.1, -0.05) is 306 Å². The van der Waals surface area contributed by atoms with Gasteiger partial charge in [0, 0.05) is 25.7 Å². The average molecular weight is 1340 g/mol. The van der Waals surface area contributed by atoms with E-state index in [0.29, 0.717) is 31.6 Å². The predicted octanol–water partition coefficient (Wildman–Crippen LogP) is 20.5. The van der Waals surface area contributed by atoms with Crippen LogP contribution in [0.15, 0.2) is 0 Å². The summed E-state index contributed by atoms with van der Waals surface area (Å²) < 4.78 is 68.3. The molecule has 0 amide bonds. The van der Waals surface area contributed by atoms with Crippen LogP contribution in [0, 0.1) is 23.7 Å². The molecule has 5 atom stereocenters. The van der Waals surface area contributed by atoms with Crippen LogP contribution in [0.2, 0.25) is 0 Å². The minimum absolute atomic E-state index is 0.104. The maximum Gasteiger partial charge on any atom is 0.472 e. The minimum Gasteiger partial charge on any atom is -0.462 e. The Labute approximate surface area is 556 Å². The van der Waals surface area contributed by atoms with E-state index in [-0.39, 0.29) is 25.7 Å².